The lowest BCUT2D eigenvalue weighted by Crippen LogP contribution is -2.43. The minimum atomic E-state index is -0.604. The van der Waals surface area contributed by atoms with Gasteiger partial charge in [0, 0.05) is 12.7 Å². The normalized spacial score (nSPS) is 11.7. The third-order valence-corrected chi connectivity index (χ3v) is 3.65. The third kappa shape index (κ3) is 4.66. The largest absolute Gasteiger partial charge is 0.369 e. The SMILES string of the molecule is CN(C(=O)[C@@H](N)Cc1ccccc1)c1ccc(CC(N)=O)cc1. The molecular formula is C18H21N3O2. The molecule has 0 aliphatic carbocycles. The lowest BCUT2D eigenvalue weighted by Gasteiger charge is -2.21. The number of likely N-dealkylation sites (N-methyl/N-ethyl adjacent to an activating group) is 1. The highest BCUT2D eigenvalue weighted by atomic mass is 16.2. The summed E-state index contributed by atoms with van der Waals surface area (Å²) in [5, 5.41) is 0. The number of carbonyl (C=O) groups is 2. The summed E-state index contributed by atoms with van der Waals surface area (Å²) in [4.78, 5) is 24.9. The fraction of sp³-hybridized carbons (Fsp3) is 0.222. The van der Waals surface area contributed by atoms with Crippen LogP contribution >= 0.6 is 0 Å². The fourth-order valence-electron chi connectivity index (χ4n) is 2.37. The summed E-state index contributed by atoms with van der Waals surface area (Å²) in [5.74, 6) is -0.538. The van der Waals surface area contributed by atoms with E-state index in [2.05, 4.69) is 0 Å². The maximum Gasteiger partial charge on any atom is 0.243 e. The van der Waals surface area contributed by atoms with E-state index >= 15 is 0 Å². The van der Waals surface area contributed by atoms with Gasteiger partial charge in [0.1, 0.15) is 0 Å². The Morgan fingerprint density at radius 2 is 1.61 bits per heavy atom. The van der Waals surface area contributed by atoms with Crippen molar-refractivity contribution in [1.29, 1.82) is 0 Å². The average Bonchev–Trinajstić information content (AvgIpc) is 2.54. The summed E-state index contributed by atoms with van der Waals surface area (Å²) in [5.41, 5.74) is 13.8. The van der Waals surface area contributed by atoms with E-state index in [1.165, 1.54) is 4.90 Å². The molecule has 0 bridgehead atoms. The van der Waals surface area contributed by atoms with Crippen molar-refractivity contribution in [2.75, 3.05) is 11.9 Å². The molecule has 2 aromatic carbocycles. The van der Waals surface area contributed by atoms with Crippen LogP contribution in [0.4, 0.5) is 5.69 Å². The monoisotopic (exact) mass is 311 g/mol. The zero-order valence-corrected chi connectivity index (χ0v) is 13.1. The van der Waals surface area contributed by atoms with Crippen LogP contribution < -0.4 is 16.4 Å². The highest BCUT2D eigenvalue weighted by Crippen LogP contribution is 2.16. The molecule has 2 rings (SSSR count). The second kappa shape index (κ2) is 7.56. The first-order chi connectivity index (χ1) is 11.0. The zero-order valence-electron chi connectivity index (χ0n) is 13.1. The van der Waals surface area contributed by atoms with Gasteiger partial charge in [-0.05, 0) is 29.7 Å². The number of benzene rings is 2. The summed E-state index contributed by atoms with van der Waals surface area (Å²) >= 11 is 0. The highest BCUT2D eigenvalue weighted by molar-refractivity contribution is 5.96. The minimum absolute atomic E-state index is 0.156. The molecule has 5 nitrogen and oxygen atoms in total. The van der Waals surface area contributed by atoms with Gasteiger partial charge in [0.05, 0.1) is 12.5 Å². The Kier molecular flexibility index (Phi) is 5.49. The van der Waals surface area contributed by atoms with Crippen LogP contribution in [0.2, 0.25) is 0 Å². The number of nitrogens with two attached hydrogens (primary N) is 2. The number of rotatable bonds is 6. The van der Waals surface area contributed by atoms with Crippen LogP contribution in [0.1, 0.15) is 11.1 Å². The van der Waals surface area contributed by atoms with Crippen molar-refractivity contribution < 1.29 is 9.59 Å². The van der Waals surface area contributed by atoms with Crippen LogP contribution in [0.5, 0.6) is 0 Å². The highest BCUT2D eigenvalue weighted by Gasteiger charge is 2.19. The van der Waals surface area contributed by atoms with E-state index in [0.29, 0.717) is 6.42 Å². The third-order valence-electron chi connectivity index (χ3n) is 3.65. The molecule has 0 aromatic heterocycles. The first-order valence-electron chi connectivity index (χ1n) is 7.41. The second-order valence-electron chi connectivity index (χ2n) is 5.50. The van der Waals surface area contributed by atoms with Gasteiger partial charge >= 0.3 is 0 Å². The molecule has 0 spiro atoms. The smallest absolute Gasteiger partial charge is 0.243 e. The van der Waals surface area contributed by atoms with Gasteiger partial charge in [-0.25, -0.2) is 0 Å². The van der Waals surface area contributed by atoms with Crippen molar-refractivity contribution in [3.8, 4) is 0 Å². The van der Waals surface area contributed by atoms with E-state index in [1.807, 2.05) is 30.3 Å². The van der Waals surface area contributed by atoms with Crippen molar-refractivity contribution in [2.45, 2.75) is 18.9 Å². The molecule has 0 radical (unpaired) electrons. The Balaban J connectivity index is 2.02. The molecule has 4 N–H and O–H groups in total. The van der Waals surface area contributed by atoms with E-state index in [4.69, 9.17) is 11.5 Å². The molecule has 0 aliphatic heterocycles. The molecular weight excluding hydrogens is 290 g/mol. The molecule has 0 saturated heterocycles. The second-order valence-corrected chi connectivity index (χ2v) is 5.50. The van der Waals surface area contributed by atoms with E-state index in [0.717, 1.165) is 16.8 Å². The zero-order chi connectivity index (χ0) is 16.8. The summed E-state index contributed by atoms with van der Waals surface area (Å²) in [6.07, 6.45) is 0.676. The van der Waals surface area contributed by atoms with Gasteiger partial charge in [0.15, 0.2) is 0 Å². The summed E-state index contributed by atoms with van der Waals surface area (Å²) in [7, 11) is 1.69. The Bertz CT molecular complexity index is 668. The molecule has 0 heterocycles. The Labute approximate surface area is 135 Å². The van der Waals surface area contributed by atoms with Crippen molar-refractivity contribution in [3.63, 3.8) is 0 Å². The molecule has 0 saturated carbocycles. The molecule has 23 heavy (non-hydrogen) atoms. The molecule has 5 heteroatoms. The van der Waals surface area contributed by atoms with Crippen LogP contribution in [0, 0.1) is 0 Å². The number of hydrogen-bond donors (Lipinski definition) is 2. The van der Waals surface area contributed by atoms with Crippen LogP contribution in [-0.2, 0) is 22.4 Å². The number of nitrogens with zero attached hydrogens (tertiary/aromatic N) is 1. The van der Waals surface area contributed by atoms with Crippen molar-refractivity contribution in [1.82, 2.24) is 0 Å². The maximum atomic E-state index is 12.4. The summed E-state index contributed by atoms with van der Waals surface area (Å²) in [6, 6.07) is 16.2. The molecule has 0 fully saturated rings. The molecule has 2 amide bonds. The van der Waals surface area contributed by atoms with E-state index in [9.17, 15) is 9.59 Å². The van der Waals surface area contributed by atoms with Crippen LogP contribution in [0.3, 0.4) is 0 Å². The predicted octanol–water partition coefficient (Wildman–Crippen LogP) is 1.25. The van der Waals surface area contributed by atoms with Gasteiger partial charge in [0.25, 0.3) is 0 Å². The number of carbonyl (C=O) groups excluding carboxylic acids is 2. The number of amides is 2. The number of primary amides is 1. The van der Waals surface area contributed by atoms with Gasteiger partial charge in [-0.3, -0.25) is 9.59 Å². The van der Waals surface area contributed by atoms with Gasteiger partial charge in [-0.15, -0.1) is 0 Å². The van der Waals surface area contributed by atoms with Gasteiger partial charge < -0.3 is 16.4 Å². The summed E-state index contributed by atoms with van der Waals surface area (Å²) in [6.45, 7) is 0. The van der Waals surface area contributed by atoms with Crippen LogP contribution in [-0.4, -0.2) is 24.9 Å². The van der Waals surface area contributed by atoms with E-state index in [-0.39, 0.29) is 18.2 Å². The molecule has 0 unspecified atom stereocenters. The van der Waals surface area contributed by atoms with Crippen LogP contribution in [0.25, 0.3) is 0 Å². The molecule has 2 aromatic rings. The van der Waals surface area contributed by atoms with Gasteiger partial charge in [0.2, 0.25) is 11.8 Å². The Morgan fingerprint density at radius 1 is 1.00 bits per heavy atom. The van der Waals surface area contributed by atoms with E-state index < -0.39 is 6.04 Å². The Hall–Kier alpha value is -2.66. The van der Waals surface area contributed by atoms with Crippen molar-refractivity contribution >= 4 is 17.5 Å². The lowest BCUT2D eigenvalue weighted by molar-refractivity contribution is -0.119. The molecule has 120 valence electrons. The first-order valence-corrected chi connectivity index (χ1v) is 7.41. The topological polar surface area (TPSA) is 89.4 Å². The fourth-order valence-corrected chi connectivity index (χ4v) is 2.37. The van der Waals surface area contributed by atoms with Crippen molar-refractivity contribution in [2.24, 2.45) is 11.5 Å². The first kappa shape index (κ1) is 16.7. The Morgan fingerprint density at radius 3 is 2.17 bits per heavy atom. The standard InChI is InChI=1S/C18H21N3O2/c1-21(15-9-7-14(8-10-15)12-17(20)22)18(23)16(19)11-13-5-3-2-4-6-13/h2-10,16H,11-12,19H2,1H3,(H2,20,22)/t16-/m0/s1. The number of anilines is 1. The van der Waals surface area contributed by atoms with Gasteiger partial charge in [-0.2, -0.15) is 0 Å². The lowest BCUT2D eigenvalue weighted by atomic mass is 10.1. The van der Waals surface area contributed by atoms with E-state index in [1.54, 1.807) is 31.3 Å². The van der Waals surface area contributed by atoms with Crippen LogP contribution in [0.15, 0.2) is 54.6 Å². The average molecular weight is 311 g/mol. The summed E-state index contributed by atoms with van der Waals surface area (Å²) < 4.78 is 0. The molecule has 0 aliphatic rings. The minimum Gasteiger partial charge on any atom is -0.369 e. The maximum absolute atomic E-state index is 12.4. The quantitative estimate of drug-likeness (QED) is 0.841. The molecule has 1 atom stereocenters. The van der Waals surface area contributed by atoms with Crippen molar-refractivity contribution in [3.05, 3.63) is 65.7 Å². The predicted molar refractivity (Wildman–Crippen MR) is 90.9 cm³/mol. The number of hydrogen-bond acceptors (Lipinski definition) is 3. The van der Waals surface area contributed by atoms with Gasteiger partial charge in [-0.1, -0.05) is 42.5 Å².